The van der Waals surface area contributed by atoms with Crippen LogP contribution in [0.2, 0.25) is 0 Å². The van der Waals surface area contributed by atoms with Gasteiger partial charge in [-0.05, 0) is 69.4 Å². The van der Waals surface area contributed by atoms with Crippen LogP contribution in [0.5, 0.6) is 0 Å². The van der Waals surface area contributed by atoms with Gasteiger partial charge in [-0.15, -0.1) is 11.3 Å². The minimum absolute atomic E-state index is 0.610. The van der Waals surface area contributed by atoms with Crippen molar-refractivity contribution in [3.63, 3.8) is 0 Å². The van der Waals surface area contributed by atoms with E-state index in [2.05, 4.69) is 146 Å². The van der Waals surface area contributed by atoms with Gasteiger partial charge in [0.25, 0.3) is 0 Å². The molecule has 0 aliphatic carbocycles. The van der Waals surface area contributed by atoms with E-state index in [4.69, 9.17) is 24.4 Å². The van der Waals surface area contributed by atoms with E-state index in [-0.39, 0.29) is 0 Å². The minimum atomic E-state index is 0.610. The first-order chi connectivity index (χ1) is 27.7. The summed E-state index contributed by atoms with van der Waals surface area (Å²) in [5.41, 5.74) is 9.84. The van der Waals surface area contributed by atoms with Crippen molar-refractivity contribution in [1.29, 1.82) is 0 Å². The van der Waals surface area contributed by atoms with Gasteiger partial charge < -0.3 is 4.42 Å². The number of hydrogen-bond acceptors (Lipinski definition) is 6. The average Bonchev–Trinajstić information content (AvgIpc) is 3.86. The summed E-state index contributed by atoms with van der Waals surface area (Å²) in [5, 5.41) is 4.60. The molecule has 0 unspecified atom stereocenters. The molecule has 0 aliphatic heterocycles. The summed E-state index contributed by atoms with van der Waals surface area (Å²) in [7, 11) is 0. The number of benzene rings is 8. The summed E-state index contributed by atoms with van der Waals surface area (Å²) >= 11 is 1.77. The van der Waals surface area contributed by atoms with E-state index in [1.165, 1.54) is 21.0 Å². The van der Waals surface area contributed by atoms with Crippen LogP contribution in [0.4, 0.5) is 0 Å². The van der Waals surface area contributed by atoms with Gasteiger partial charge in [0.15, 0.2) is 23.1 Å². The van der Waals surface area contributed by atoms with Gasteiger partial charge in [0.1, 0.15) is 5.52 Å². The zero-order valence-corrected chi connectivity index (χ0v) is 30.7. The third kappa shape index (κ3) is 5.63. The van der Waals surface area contributed by atoms with Crippen molar-refractivity contribution in [3.8, 4) is 67.9 Å². The van der Waals surface area contributed by atoms with Crippen molar-refractivity contribution in [3.05, 3.63) is 182 Å². The maximum Gasteiger partial charge on any atom is 0.227 e. The topological polar surface area (TPSA) is 64.7 Å². The number of aromatic nitrogens is 4. The van der Waals surface area contributed by atoms with Crippen LogP contribution >= 0.6 is 11.3 Å². The number of nitrogens with zero attached hydrogens (tertiary/aromatic N) is 4. The Kier molecular flexibility index (Phi) is 7.60. The molecule has 3 heterocycles. The van der Waals surface area contributed by atoms with Crippen molar-refractivity contribution in [2.24, 2.45) is 0 Å². The molecule has 11 rings (SSSR count). The average molecular weight is 735 g/mol. The summed E-state index contributed by atoms with van der Waals surface area (Å²) in [6.07, 6.45) is 0. The van der Waals surface area contributed by atoms with E-state index in [0.717, 1.165) is 65.5 Å². The standard InChI is InChI=1S/C50H30N4OS/c1-3-12-31(13-4-1)33-22-25-35(26-23-33)50-51-42-30-45-41(29-43(42)55-50)46-39(20-11-21-44(46)56-45)38-18-9-10-19-40(38)49-53-47(34-15-5-2-6-16-34)52-48(54-49)37-27-24-32-14-7-8-17-36(32)28-37/h1-30H. The summed E-state index contributed by atoms with van der Waals surface area (Å²) in [5.74, 6) is 2.49. The van der Waals surface area contributed by atoms with Gasteiger partial charge in [0.2, 0.25) is 5.89 Å². The molecule has 11 aromatic rings. The Morgan fingerprint density at radius 1 is 0.375 bits per heavy atom. The Bertz CT molecular complexity index is 3240. The third-order valence-corrected chi connectivity index (χ3v) is 11.5. The minimum Gasteiger partial charge on any atom is -0.436 e. The highest BCUT2D eigenvalue weighted by Crippen LogP contribution is 2.44. The summed E-state index contributed by atoms with van der Waals surface area (Å²) in [6, 6.07) is 62.9. The lowest BCUT2D eigenvalue weighted by atomic mass is 9.95. The Hall–Kier alpha value is -7.28. The molecular formula is C50H30N4OS. The molecule has 0 amide bonds. The maximum atomic E-state index is 6.47. The first-order valence-corrected chi connectivity index (χ1v) is 19.4. The Morgan fingerprint density at radius 3 is 1.79 bits per heavy atom. The van der Waals surface area contributed by atoms with Crippen LogP contribution in [0, 0.1) is 0 Å². The molecule has 5 nitrogen and oxygen atoms in total. The molecule has 0 N–H and O–H groups in total. The van der Waals surface area contributed by atoms with E-state index in [1.54, 1.807) is 11.3 Å². The first kappa shape index (κ1) is 32.2. The number of fused-ring (bicyclic) bond motifs is 5. The lowest BCUT2D eigenvalue weighted by Crippen LogP contribution is -2.01. The van der Waals surface area contributed by atoms with Gasteiger partial charge >= 0.3 is 0 Å². The highest BCUT2D eigenvalue weighted by Gasteiger charge is 2.20. The van der Waals surface area contributed by atoms with Gasteiger partial charge in [-0.1, -0.05) is 146 Å². The highest BCUT2D eigenvalue weighted by molar-refractivity contribution is 7.26. The van der Waals surface area contributed by atoms with E-state index in [0.29, 0.717) is 23.4 Å². The summed E-state index contributed by atoms with van der Waals surface area (Å²) in [6.45, 7) is 0. The van der Waals surface area contributed by atoms with Crippen LogP contribution in [-0.4, -0.2) is 19.9 Å². The Balaban J connectivity index is 1.05. The molecule has 56 heavy (non-hydrogen) atoms. The van der Waals surface area contributed by atoms with Crippen LogP contribution in [-0.2, 0) is 0 Å². The fraction of sp³-hybridized carbons (Fsp3) is 0. The molecule has 0 fully saturated rings. The molecule has 262 valence electrons. The normalized spacial score (nSPS) is 11.6. The quantitative estimate of drug-likeness (QED) is 0.170. The highest BCUT2D eigenvalue weighted by atomic mass is 32.1. The van der Waals surface area contributed by atoms with Gasteiger partial charge in [0.05, 0.1) is 0 Å². The number of thiophene rings is 1. The molecule has 0 spiro atoms. The zero-order valence-electron chi connectivity index (χ0n) is 29.9. The molecule has 8 aromatic carbocycles. The van der Waals surface area contributed by atoms with Crippen molar-refractivity contribution in [2.75, 3.05) is 0 Å². The lowest BCUT2D eigenvalue weighted by molar-refractivity contribution is 0.620. The van der Waals surface area contributed by atoms with Gasteiger partial charge in [-0.3, -0.25) is 0 Å². The predicted molar refractivity (Wildman–Crippen MR) is 230 cm³/mol. The Labute approximate surface area is 326 Å². The van der Waals surface area contributed by atoms with Crippen molar-refractivity contribution in [2.45, 2.75) is 0 Å². The zero-order chi connectivity index (χ0) is 37.0. The largest absolute Gasteiger partial charge is 0.436 e. The van der Waals surface area contributed by atoms with Gasteiger partial charge in [0, 0.05) is 42.4 Å². The van der Waals surface area contributed by atoms with Gasteiger partial charge in [-0.2, -0.15) is 0 Å². The van der Waals surface area contributed by atoms with Gasteiger partial charge in [-0.25, -0.2) is 19.9 Å². The monoisotopic (exact) mass is 734 g/mol. The molecule has 0 bridgehead atoms. The second kappa shape index (κ2) is 13.2. The van der Waals surface area contributed by atoms with E-state index >= 15 is 0 Å². The van der Waals surface area contributed by atoms with E-state index < -0.39 is 0 Å². The van der Waals surface area contributed by atoms with Crippen molar-refractivity contribution < 1.29 is 4.42 Å². The fourth-order valence-corrected chi connectivity index (χ4v) is 8.76. The molecule has 0 radical (unpaired) electrons. The second-order valence-electron chi connectivity index (χ2n) is 13.8. The summed E-state index contributed by atoms with van der Waals surface area (Å²) < 4.78 is 8.81. The maximum absolute atomic E-state index is 6.47. The number of hydrogen-bond donors (Lipinski definition) is 0. The van der Waals surface area contributed by atoms with Crippen LogP contribution in [0.1, 0.15) is 0 Å². The smallest absolute Gasteiger partial charge is 0.227 e. The van der Waals surface area contributed by atoms with Crippen LogP contribution in [0.25, 0.3) is 110 Å². The van der Waals surface area contributed by atoms with Crippen LogP contribution < -0.4 is 0 Å². The second-order valence-corrected chi connectivity index (χ2v) is 14.9. The molecule has 0 saturated heterocycles. The molecule has 0 aliphatic rings. The van der Waals surface area contributed by atoms with Crippen LogP contribution in [0.15, 0.2) is 186 Å². The third-order valence-electron chi connectivity index (χ3n) is 10.4. The van der Waals surface area contributed by atoms with E-state index in [9.17, 15) is 0 Å². The molecule has 3 aromatic heterocycles. The molecular weight excluding hydrogens is 705 g/mol. The molecule has 6 heteroatoms. The lowest BCUT2D eigenvalue weighted by Gasteiger charge is -2.13. The number of rotatable bonds is 6. The number of oxazole rings is 1. The summed E-state index contributed by atoms with van der Waals surface area (Å²) in [4.78, 5) is 20.3. The Morgan fingerprint density at radius 2 is 0.982 bits per heavy atom. The van der Waals surface area contributed by atoms with Crippen molar-refractivity contribution >= 4 is 53.4 Å². The predicted octanol–water partition coefficient (Wildman–Crippen LogP) is 13.5. The fourth-order valence-electron chi connectivity index (χ4n) is 7.61. The van der Waals surface area contributed by atoms with Crippen LogP contribution in [0.3, 0.4) is 0 Å². The van der Waals surface area contributed by atoms with E-state index in [1.807, 2.05) is 36.4 Å². The van der Waals surface area contributed by atoms with Crippen molar-refractivity contribution in [1.82, 2.24) is 19.9 Å². The SMILES string of the molecule is c1ccc(-c2ccc(-c3nc4cc5sc6cccc(-c7ccccc7-c7nc(-c8ccccc8)nc(-c8ccc9ccccc9c8)n7)c6c5cc4o3)cc2)cc1. The molecule has 0 atom stereocenters. The first-order valence-electron chi connectivity index (χ1n) is 18.5. The molecule has 0 saturated carbocycles.